The number of unbranched alkanes of at least 4 members (excludes halogenated alkanes) is 1. The van der Waals surface area contributed by atoms with Gasteiger partial charge in [-0.05, 0) is 52.4 Å². The second kappa shape index (κ2) is 8.42. The zero-order chi connectivity index (χ0) is 15.8. The standard InChI is InChI=1S/C16H24N2O3/c1-12(2)18(3)11-7-6-10-17-15(19)13-8-4-5-9-14(13)16(20)21/h4-5,8-9,12H,6-7,10-11H2,1-3H3,(H,17,19)(H,20,21). The second-order valence-electron chi connectivity index (χ2n) is 5.39. The van der Waals surface area contributed by atoms with E-state index in [4.69, 9.17) is 5.11 Å². The minimum atomic E-state index is -1.08. The zero-order valence-corrected chi connectivity index (χ0v) is 12.9. The summed E-state index contributed by atoms with van der Waals surface area (Å²) in [7, 11) is 2.08. The topological polar surface area (TPSA) is 69.6 Å². The number of carbonyl (C=O) groups excluding carboxylic acids is 1. The van der Waals surface area contributed by atoms with Crippen molar-refractivity contribution >= 4 is 11.9 Å². The minimum absolute atomic E-state index is 0.0366. The number of benzene rings is 1. The monoisotopic (exact) mass is 292 g/mol. The first-order valence-corrected chi connectivity index (χ1v) is 7.24. The van der Waals surface area contributed by atoms with E-state index in [1.165, 1.54) is 12.1 Å². The number of aromatic carboxylic acids is 1. The normalized spacial score (nSPS) is 10.9. The number of hydrogen-bond acceptors (Lipinski definition) is 3. The molecule has 0 aliphatic heterocycles. The largest absolute Gasteiger partial charge is 0.478 e. The molecule has 1 aromatic carbocycles. The molecule has 0 bridgehead atoms. The lowest BCUT2D eigenvalue weighted by Crippen LogP contribution is -2.29. The van der Waals surface area contributed by atoms with Gasteiger partial charge in [0.2, 0.25) is 0 Å². The number of carbonyl (C=O) groups is 2. The number of nitrogens with zero attached hydrogens (tertiary/aromatic N) is 1. The smallest absolute Gasteiger partial charge is 0.336 e. The van der Waals surface area contributed by atoms with Crippen LogP contribution in [0.2, 0.25) is 0 Å². The molecule has 0 saturated heterocycles. The fourth-order valence-corrected chi connectivity index (χ4v) is 1.91. The fourth-order valence-electron chi connectivity index (χ4n) is 1.91. The predicted molar refractivity (Wildman–Crippen MR) is 82.7 cm³/mol. The van der Waals surface area contributed by atoms with Gasteiger partial charge in [-0.25, -0.2) is 4.79 Å². The number of hydrogen-bond donors (Lipinski definition) is 2. The van der Waals surface area contributed by atoms with Crippen molar-refractivity contribution in [3.8, 4) is 0 Å². The molecule has 0 saturated carbocycles. The number of amides is 1. The Hall–Kier alpha value is -1.88. The average Bonchev–Trinajstić information content (AvgIpc) is 2.46. The summed E-state index contributed by atoms with van der Waals surface area (Å²) < 4.78 is 0. The van der Waals surface area contributed by atoms with E-state index in [0.29, 0.717) is 12.6 Å². The maximum absolute atomic E-state index is 12.0. The van der Waals surface area contributed by atoms with E-state index in [1.807, 2.05) is 0 Å². The molecular formula is C16H24N2O3. The molecule has 0 atom stereocenters. The Morgan fingerprint density at radius 2 is 1.81 bits per heavy atom. The second-order valence-corrected chi connectivity index (χ2v) is 5.39. The van der Waals surface area contributed by atoms with Crippen LogP contribution in [-0.4, -0.2) is 48.1 Å². The molecule has 1 amide bonds. The fraction of sp³-hybridized carbons (Fsp3) is 0.500. The van der Waals surface area contributed by atoms with Crippen LogP contribution in [0, 0.1) is 0 Å². The highest BCUT2D eigenvalue weighted by molar-refractivity contribution is 6.04. The van der Waals surface area contributed by atoms with E-state index in [-0.39, 0.29) is 17.0 Å². The SMILES string of the molecule is CC(C)N(C)CCCCNC(=O)c1ccccc1C(=O)O. The molecule has 0 radical (unpaired) electrons. The Kier molecular flexibility index (Phi) is 6.88. The molecule has 5 nitrogen and oxygen atoms in total. The minimum Gasteiger partial charge on any atom is -0.478 e. The molecular weight excluding hydrogens is 268 g/mol. The third kappa shape index (κ3) is 5.55. The van der Waals surface area contributed by atoms with Crippen LogP contribution in [0.25, 0.3) is 0 Å². The number of carboxylic acid groups (broad SMARTS) is 1. The molecule has 1 rings (SSSR count). The van der Waals surface area contributed by atoms with Crippen LogP contribution in [0.5, 0.6) is 0 Å². The Bertz CT molecular complexity index is 486. The van der Waals surface area contributed by atoms with Gasteiger partial charge in [0.05, 0.1) is 11.1 Å². The van der Waals surface area contributed by atoms with Gasteiger partial charge in [0.15, 0.2) is 0 Å². The highest BCUT2D eigenvalue weighted by Gasteiger charge is 2.14. The molecule has 0 heterocycles. The summed E-state index contributed by atoms with van der Waals surface area (Å²) in [5.74, 6) is -1.41. The van der Waals surface area contributed by atoms with Crippen molar-refractivity contribution in [1.29, 1.82) is 0 Å². The highest BCUT2D eigenvalue weighted by Crippen LogP contribution is 2.08. The Morgan fingerprint density at radius 3 is 2.38 bits per heavy atom. The third-order valence-electron chi connectivity index (χ3n) is 3.51. The van der Waals surface area contributed by atoms with Gasteiger partial charge in [-0.3, -0.25) is 4.79 Å². The lowest BCUT2D eigenvalue weighted by Gasteiger charge is -2.20. The van der Waals surface area contributed by atoms with E-state index >= 15 is 0 Å². The maximum Gasteiger partial charge on any atom is 0.336 e. The van der Waals surface area contributed by atoms with Gasteiger partial charge in [-0.15, -0.1) is 0 Å². The predicted octanol–water partition coefficient (Wildman–Crippen LogP) is 2.23. The quantitative estimate of drug-likeness (QED) is 0.721. The Morgan fingerprint density at radius 1 is 1.19 bits per heavy atom. The third-order valence-corrected chi connectivity index (χ3v) is 3.51. The Labute approximate surface area is 126 Å². The van der Waals surface area contributed by atoms with Crippen LogP contribution in [0.3, 0.4) is 0 Å². The van der Waals surface area contributed by atoms with Gasteiger partial charge < -0.3 is 15.3 Å². The first-order valence-electron chi connectivity index (χ1n) is 7.24. The van der Waals surface area contributed by atoms with E-state index in [0.717, 1.165) is 19.4 Å². The Balaban J connectivity index is 2.40. The van der Waals surface area contributed by atoms with Gasteiger partial charge >= 0.3 is 5.97 Å². The molecule has 0 fully saturated rings. The average molecular weight is 292 g/mol. The van der Waals surface area contributed by atoms with E-state index in [2.05, 4.69) is 31.1 Å². The molecule has 2 N–H and O–H groups in total. The van der Waals surface area contributed by atoms with Crippen LogP contribution in [0.15, 0.2) is 24.3 Å². The first kappa shape index (κ1) is 17.2. The van der Waals surface area contributed by atoms with Crippen molar-refractivity contribution in [2.45, 2.75) is 32.7 Å². The summed E-state index contributed by atoms with van der Waals surface area (Å²) in [6.45, 7) is 5.83. The molecule has 0 spiro atoms. The van der Waals surface area contributed by atoms with Crippen LogP contribution < -0.4 is 5.32 Å². The van der Waals surface area contributed by atoms with Crippen molar-refractivity contribution < 1.29 is 14.7 Å². The molecule has 0 unspecified atom stereocenters. The van der Waals surface area contributed by atoms with Crippen LogP contribution in [0.1, 0.15) is 47.4 Å². The van der Waals surface area contributed by atoms with E-state index in [9.17, 15) is 9.59 Å². The number of rotatable bonds is 8. The molecule has 0 aliphatic rings. The lowest BCUT2D eigenvalue weighted by atomic mass is 10.1. The summed E-state index contributed by atoms with van der Waals surface area (Å²) in [4.78, 5) is 25.3. The summed E-state index contributed by atoms with van der Waals surface area (Å²) in [6.07, 6.45) is 1.87. The van der Waals surface area contributed by atoms with E-state index < -0.39 is 5.97 Å². The zero-order valence-electron chi connectivity index (χ0n) is 12.9. The molecule has 116 valence electrons. The highest BCUT2D eigenvalue weighted by atomic mass is 16.4. The summed E-state index contributed by atoms with van der Waals surface area (Å²) in [6, 6.07) is 6.77. The van der Waals surface area contributed by atoms with Crippen LogP contribution in [0.4, 0.5) is 0 Å². The van der Waals surface area contributed by atoms with Gasteiger partial charge in [-0.1, -0.05) is 12.1 Å². The van der Waals surface area contributed by atoms with Crippen molar-refractivity contribution in [3.05, 3.63) is 35.4 Å². The first-order chi connectivity index (χ1) is 9.93. The lowest BCUT2D eigenvalue weighted by molar-refractivity contribution is 0.0691. The number of nitrogens with one attached hydrogen (secondary N) is 1. The van der Waals surface area contributed by atoms with Crippen molar-refractivity contribution in [3.63, 3.8) is 0 Å². The summed E-state index contributed by atoms with van der Waals surface area (Å²) in [5, 5.41) is 11.8. The van der Waals surface area contributed by atoms with Crippen molar-refractivity contribution in [2.75, 3.05) is 20.1 Å². The van der Waals surface area contributed by atoms with E-state index in [1.54, 1.807) is 12.1 Å². The van der Waals surface area contributed by atoms with Gasteiger partial charge in [0.25, 0.3) is 5.91 Å². The molecule has 21 heavy (non-hydrogen) atoms. The van der Waals surface area contributed by atoms with Crippen molar-refractivity contribution in [2.24, 2.45) is 0 Å². The molecule has 0 aromatic heterocycles. The van der Waals surface area contributed by atoms with Crippen LogP contribution in [-0.2, 0) is 0 Å². The van der Waals surface area contributed by atoms with Gasteiger partial charge in [0, 0.05) is 12.6 Å². The van der Waals surface area contributed by atoms with Crippen molar-refractivity contribution in [1.82, 2.24) is 10.2 Å². The molecule has 0 aliphatic carbocycles. The summed E-state index contributed by atoms with van der Waals surface area (Å²) in [5.41, 5.74) is 0.249. The van der Waals surface area contributed by atoms with Gasteiger partial charge in [0.1, 0.15) is 0 Å². The van der Waals surface area contributed by atoms with Gasteiger partial charge in [-0.2, -0.15) is 0 Å². The maximum atomic E-state index is 12.0. The molecule has 1 aromatic rings. The van der Waals surface area contributed by atoms with Crippen LogP contribution >= 0.6 is 0 Å². The summed E-state index contributed by atoms with van der Waals surface area (Å²) >= 11 is 0. The number of carboxylic acids is 1. The molecule has 5 heteroatoms.